The van der Waals surface area contributed by atoms with Crippen LogP contribution in [0.2, 0.25) is 0 Å². The molecule has 4 heteroatoms. The van der Waals surface area contributed by atoms with Crippen LogP contribution in [0.15, 0.2) is 24.4 Å². The molecule has 0 aliphatic carbocycles. The van der Waals surface area contributed by atoms with E-state index < -0.39 is 0 Å². The van der Waals surface area contributed by atoms with Gasteiger partial charge in [0.05, 0.1) is 11.5 Å². The highest BCUT2D eigenvalue weighted by Gasteiger charge is 1.98. The summed E-state index contributed by atoms with van der Waals surface area (Å²) in [6, 6.07) is 5.63. The first-order valence-corrected chi connectivity index (χ1v) is 4.25. The zero-order valence-corrected chi connectivity index (χ0v) is 7.80. The summed E-state index contributed by atoms with van der Waals surface area (Å²) in [5.74, 6) is 0. The van der Waals surface area contributed by atoms with Crippen LogP contribution in [-0.2, 0) is 11.2 Å². The monoisotopic (exact) mass is 193 g/mol. The lowest BCUT2D eigenvalue weighted by atomic mass is 10.3. The van der Waals surface area contributed by atoms with Crippen molar-refractivity contribution < 1.29 is 4.79 Å². The second kappa shape index (κ2) is 5.37. The van der Waals surface area contributed by atoms with E-state index in [1.165, 1.54) is 0 Å². The molecule has 1 aromatic rings. The van der Waals surface area contributed by atoms with Crippen LogP contribution in [0.5, 0.6) is 0 Å². The Morgan fingerprint density at radius 2 is 2.46 bits per heavy atom. The Morgan fingerprint density at radius 3 is 3.08 bits per heavy atom. The van der Waals surface area contributed by atoms with E-state index in [9.17, 15) is 4.79 Å². The first-order chi connectivity index (χ1) is 6.33. The van der Waals surface area contributed by atoms with Crippen LogP contribution in [0.3, 0.4) is 0 Å². The quantitative estimate of drug-likeness (QED) is 0.713. The summed E-state index contributed by atoms with van der Waals surface area (Å²) < 4.78 is 0. The summed E-state index contributed by atoms with van der Waals surface area (Å²) in [4.78, 5) is 14.6. The Kier molecular flexibility index (Phi) is 4.05. The molecule has 0 spiro atoms. The van der Waals surface area contributed by atoms with Crippen molar-refractivity contribution in [2.75, 3.05) is 6.54 Å². The van der Waals surface area contributed by atoms with E-state index in [0.717, 1.165) is 5.69 Å². The highest BCUT2D eigenvalue weighted by molar-refractivity contribution is 7.80. The topological polar surface area (TPSA) is 42.0 Å². The number of hydrogen-bond donors (Lipinski definition) is 1. The van der Waals surface area contributed by atoms with Gasteiger partial charge in [0.15, 0.2) is 0 Å². The van der Waals surface area contributed by atoms with Crippen LogP contribution < -0.4 is 5.32 Å². The van der Waals surface area contributed by atoms with Gasteiger partial charge in [-0.05, 0) is 12.1 Å². The van der Waals surface area contributed by atoms with Crippen molar-refractivity contribution in [2.24, 2.45) is 0 Å². The summed E-state index contributed by atoms with van der Waals surface area (Å²) >= 11 is 4.97. The molecule has 0 fully saturated rings. The average molecular weight is 193 g/mol. The smallest absolute Gasteiger partial charge is 0.219 e. The van der Waals surface area contributed by atoms with Crippen molar-refractivity contribution >= 4 is 23.5 Å². The van der Waals surface area contributed by atoms with Gasteiger partial charge in [0.2, 0.25) is 6.29 Å². The highest BCUT2D eigenvalue weighted by atomic mass is 32.1. The van der Waals surface area contributed by atoms with Crippen molar-refractivity contribution in [1.29, 1.82) is 0 Å². The van der Waals surface area contributed by atoms with Crippen molar-refractivity contribution in [2.45, 2.75) is 6.42 Å². The van der Waals surface area contributed by atoms with Gasteiger partial charge in [0.25, 0.3) is 0 Å². The van der Waals surface area contributed by atoms with Crippen molar-refractivity contribution in [3.8, 4) is 0 Å². The average Bonchev–Trinajstić information content (AvgIpc) is 2.16. The molecule has 13 heavy (non-hydrogen) atoms. The molecule has 0 unspecified atom stereocenters. The molecule has 0 bridgehead atoms. The van der Waals surface area contributed by atoms with Gasteiger partial charge in [-0.25, -0.2) is 0 Å². The minimum atomic E-state index is 0.145. The molecule has 1 aromatic heterocycles. The fourth-order valence-corrected chi connectivity index (χ4v) is 1.08. The van der Waals surface area contributed by atoms with Gasteiger partial charge < -0.3 is 5.32 Å². The maximum Gasteiger partial charge on any atom is 0.219 e. The molecule has 0 amide bonds. The van der Waals surface area contributed by atoms with E-state index >= 15 is 0 Å². The van der Waals surface area contributed by atoms with Crippen molar-refractivity contribution in [3.63, 3.8) is 0 Å². The van der Waals surface area contributed by atoms with E-state index in [1.54, 1.807) is 12.5 Å². The zero-order chi connectivity index (χ0) is 9.52. The zero-order valence-electron chi connectivity index (χ0n) is 6.99. The van der Waals surface area contributed by atoms with Gasteiger partial charge in [0, 0.05) is 18.3 Å². The number of thiocarbonyl (C=S) groups is 1. The summed E-state index contributed by atoms with van der Waals surface area (Å²) in [6.45, 7) is 0.145. The normalized spacial score (nSPS) is 9.23. The highest BCUT2D eigenvalue weighted by Crippen LogP contribution is 1.94. The number of pyridine rings is 1. The van der Waals surface area contributed by atoms with E-state index in [4.69, 9.17) is 12.2 Å². The molecule has 67 valence electrons. The maximum absolute atomic E-state index is 9.90. The molecular formula is C9H9N2OS. The Hall–Kier alpha value is -1.29. The van der Waals surface area contributed by atoms with Gasteiger partial charge in [-0.1, -0.05) is 18.3 Å². The third-order valence-electron chi connectivity index (χ3n) is 1.43. The minimum absolute atomic E-state index is 0.145. The number of aromatic nitrogens is 1. The summed E-state index contributed by atoms with van der Waals surface area (Å²) in [5.41, 5.74) is 0.894. The fraction of sp³-hybridized carbons (Fsp3) is 0.222. The largest absolute Gasteiger partial charge is 0.372 e. The molecule has 1 rings (SSSR count). The van der Waals surface area contributed by atoms with E-state index in [0.29, 0.717) is 11.4 Å². The number of nitrogens with zero attached hydrogens (tertiary/aromatic N) is 1. The second-order valence-corrected chi connectivity index (χ2v) is 2.91. The van der Waals surface area contributed by atoms with Crippen LogP contribution in [0.4, 0.5) is 0 Å². The molecule has 0 aromatic carbocycles. The Morgan fingerprint density at radius 1 is 1.62 bits per heavy atom. The molecule has 3 nitrogen and oxygen atoms in total. The number of carbonyl (C=O) groups excluding carboxylic acids is 1. The molecule has 0 atom stereocenters. The van der Waals surface area contributed by atoms with Crippen LogP contribution in [0, 0.1) is 0 Å². The van der Waals surface area contributed by atoms with Gasteiger partial charge in [-0.3, -0.25) is 9.78 Å². The third-order valence-corrected chi connectivity index (χ3v) is 1.71. The minimum Gasteiger partial charge on any atom is -0.372 e. The van der Waals surface area contributed by atoms with Gasteiger partial charge in [-0.2, -0.15) is 0 Å². The lowest BCUT2D eigenvalue weighted by molar-refractivity contribution is 0.554. The molecule has 0 aliphatic heterocycles. The van der Waals surface area contributed by atoms with E-state index in [2.05, 4.69) is 10.3 Å². The molecule has 0 aliphatic rings. The third kappa shape index (κ3) is 3.75. The molecule has 1 radical (unpaired) electrons. The van der Waals surface area contributed by atoms with Crippen molar-refractivity contribution in [3.05, 3.63) is 30.1 Å². The van der Waals surface area contributed by atoms with Gasteiger partial charge in [-0.15, -0.1) is 0 Å². The Balaban J connectivity index is 2.41. The molecule has 0 saturated carbocycles. The molecule has 1 heterocycles. The maximum atomic E-state index is 9.90. The Labute approximate surface area is 82.2 Å². The standard InChI is InChI=1S/C9H9N2OS/c12-6-5-11-9(13)7-8-3-1-2-4-10-8/h1-4H,5,7H2,(H,11,13). The first-order valence-electron chi connectivity index (χ1n) is 3.84. The van der Waals surface area contributed by atoms with Crippen LogP contribution >= 0.6 is 12.2 Å². The predicted octanol–water partition coefficient (Wildman–Crippen LogP) is 0.651. The Bertz CT molecular complexity index is 287. The van der Waals surface area contributed by atoms with Crippen LogP contribution in [-0.4, -0.2) is 22.8 Å². The summed E-state index contributed by atoms with van der Waals surface area (Å²) in [7, 11) is 0. The van der Waals surface area contributed by atoms with E-state index in [-0.39, 0.29) is 6.54 Å². The second-order valence-electron chi connectivity index (χ2n) is 2.42. The summed E-state index contributed by atoms with van der Waals surface area (Å²) in [5, 5.41) is 2.75. The van der Waals surface area contributed by atoms with Gasteiger partial charge in [0.1, 0.15) is 0 Å². The predicted molar refractivity (Wildman–Crippen MR) is 54.2 cm³/mol. The van der Waals surface area contributed by atoms with Crippen LogP contribution in [0.25, 0.3) is 0 Å². The number of nitrogens with one attached hydrogen (secondary N) is 1. The number of rotatable bonds is 4. The van der Waals surface area contributed by atoms with E-state index in [1.807, 2.05) is 18.2 Å². The van der Waals surface area contributed by atoms with Gasteiger partial charge >= 0.3 is 0 Å². The van der Waals surface area contributed by atoms with Crippen LogP contribution in [0.1, 0.15) is 5.69 Å². The first kappa shape index (κ1) is 9.80. The number of hydrogen-bond acceptors (Lipinski definition) is 3. The lowest BCUT2D eigenvalue weighted by Crippen LogP contribution is -2.25. The molecular weight excluding hydrogens is 184 g/mol. The molecule has 0 saturated heterocycles. The van der Waals surface area contributed by atoms with Crippen molar-refractivity contribution in [1.82, 2.24) is 10.3 Å². The summed E-state index contributed by atoms with van der Waals surface area (Å²) in [6.07, 6.45) is 3.99. The SMILES string of the molecule is O=[C]CNC(=S)Cc1ccccn1. The lowest BCUT2D eigenvalue weighted by Gasteiger charge is -2.02. The fourth-order valence-electron chi connectivity index (χ4n) is 0.864. The molecule has 1 N–H and O–H groups in total.